The Labute approximate surface area is 169 Å². The van der Waals surface area contributed by atoms with Crippen LogP contribution in [-0.2, 0) is 17.8 Å². The van der Waals surface area contributed by atoms with Crippen LogP contribution in [0.5, 0.6) is 0 Å². The van der Waals surface area contributed by atoms with Crippen LogP contribution in [0.3, 0.4) is 0 Å². The van der Waals surface area contributed by atoms with Crippen LogP contribution in [0.25, 0.3) is 5.65 Å². The minimum atomic E-state index is 0.127. The van der Waals surface area contributed by atoms with Gasteiger partial charge < -0.3 is 9.30 Å². The minimum absolute atomic E-state index is 0.127. The van der Waals surface area contributed by atoms with Gasteiger partial charge in [0.05, 0.1) is 11.9 Å². The summed E-state index contributed by atoms with van der Waals surface area (Å²) >= 11 is 6.36. The van der Waals surface area contributed by atoms with Crippen LogP contribution in [0.4, 0.5) is 0 Å². The van der Waals surface area contributed by atoms with E-state index in [1.165, 1.54) is 0 Å². The predicted octanol–water partition coefficient (Wildman–Crippen LogP) is 2.91. The number of fused-ring (bicyclic) bond motifs is 1. The number of aromatic nitrogens is 3. The van der Waals surface area contributed by atoms with E-state index >= 15 is 0 Å². The zero-order valence-electron chi connectivity index (χ0n) is 16.0. The van der Waals surface area contributed by atoms with Gasteiger partial charge in [0.1, 0.15) is 0 Å². The maximum Gasteiger partial charge on any atom is 0.219 e. The van der Waals surface area contributed by atoms with E-state index in [1.54, 1.807) is 19.3 Å². The predicted molar refractivity (Wildman–Crippen MR) is 109 cm³/mol. The number of imidazole rings is 1. The molecule has 1 aromatic carbocycles. The third kappa shape index (κ3) is 4.34. The number of halogens is 1. The second-order valence-electron chi connectivity index (χ2n) is 7.43. The van der Waals surface area contributed by atoms with Crippen LogP contribution in [0.15, 0.2) is 49.1 Å². The van der Waals surface area contributed by atoms with Gasteiger partial charge in [0.2, 0.25) is 5.91 Å². The average Bonchev–Trinajstić information content (AvgIpc) is 3.04. The van der Waals surface area contributed by atoms with Crippen LogP contribution in [0.1, 0.15) is 18.2 Å². The molecule has 3 aromatic rings. The summed E-state index contributed by atoms with van der Waals surface area (Å²) in [4.78, 5) is 25.2. The highest BCUT2D eigenvalue weighted by atomic mass is 35.5. The Balaban J connectivity index is 1.52. The molecule has 6 nitrogen and oxygen atoms in total. The Morgan fingerprint density at radius 2 is 2.07 bits per heavy atom. The molecule has 1 unspecified atom stereocenters. The zero-order valence-corrected chi connectivity index (χ0v) is 16.7. The lowest BCUT2D eigenvalue weighted by Gasteiger charge is -2.24. The third-order valence-electron chi connectivity index (χ3n) is 5.31. The van der Waals surface area contributed by atoms with E-state index in [0.29, 0.717) is 5.92 Å². The van der Waals surface area contributed by atoms with Crippen molar-refractivity contribution in [2.24, 2.45) is 5.92 Å². The van der Waals surface area contributed by atoms with Crippen LogP contribution >= 0.6 is 11.6 Å². The molecule has 1 saturated heterocycles. The lowest BCUT2D eigenvalue weighted by Crippen LogP contribution is -2.34. The minimum Gasteiger partial charge on any atom is -0.341 e. The molecule has 4 rings (SSSR count). The monoisotopic (exact) mass is 397 g/mol. The second-order valence-corrected chi connectivity index (χ2v) is 7.84. The van der Waals surface area contributed by atoms with Gasteiger partial charge in [-0.25, -0.2) is 4.98 Å². The summed E-state index contributed by atoms with van der Waals surface area (Å²) in [5, 5.41) is 0.791. The number of benzene rings is 1. The van der Waals surface area contributed by atoms with Gasteiger partial charge in [0.25, 0.3) is 0 Å². The van der Waals surface area contributed by atoms with Crippen molar-refractivity contribution >= 4 is 23.2 Å². The van der Waals surface area contributed by atoms with Crippen molar-refractivity contribution in [2.75, 3.05) is 26.2 Å². The van der Waals surface area contributed by atoms with Crippen molar-refractivity contribution in [3.05, 3.63) is 65.3 Å². The Morgan fingerprint density at radius 3 is 2.89 bits per heavy atom. The van der Waals surface area contributed by atoms with Crippen LogP contribution in [-0.4, -0.2) is 56.3 Å². The summed E-state index contributed by atoms with van der Waals surface area (Å²) in [5.41, 5.74) is 2.98. The highest BCUT2D eigenvalue weighted by Crippen LogP contribution is 2.21. The number of carbonyl (C=O) groups excluding carboxylic acids is 1. The van der Waals surface area contributed by atoms with Gasteiger partial charge in [-0.1, -0.05) is 29.8 Å². The van der Waals surface area contributed by atoms with Crippen molar-refractivity contribution < 1.29 is 4.79 Å². The molecular formula is C21H24ClN5O. The Hall–Kier alpha value is -2.44. The summed E-state index contributed by atoms with van der Waals surface area (Å²) in [6.07, 6.45) is 8.35. The molecule has 1 fully saturated rings. The first-order chi connectivity index (χ1) is 13.6. The maximum atomic E-state index is 12.1. The molecule has 3 heterocycles. The molecule has 7 heteroatoms. The van der Waals surface area contributed by atoms with E-state index in [1.807, 2.05) is 39.9 Å². The third-order valence-corrected chi connectivity index (χ3v) is 5.68. The number of carbonyl (C=O) groups is 1. The fourth-order valence-corrected chi connectivity index (χ4v) is 4.07. The first-order valence-electron chi connectivity index (χ1n) is 9.57. The molecule has 1 atom stereocenters. The lowest BCUT2D eigenvalue weighted by atomic mass is 10.0. The van der Waals surface area contributed by atoms with Gasteiger partial charge in [-0.15, -0.1) is 0 Å². The fraction of sp³-hybridized carbons (Fsp3) is 0.381. The number of rotatable bonds is 4. The smallest absolute Gasteiger partial charge is 0.219 e. The standard InChI is InChI=1S/C21H24ClN5O/c1-16(28)26-9-8-25(14-18-4-2-3-5-20(18)22)12-17(13-26)10-19-15-27-7-6-23-21(27)11-24-19/h2-7,11,15,17H,8-10,12-14H2,1H3. The maximum absolute atomic E-state index is 12.1. The molecule has 1 aliphatic heterocycles. The second kappa shape index (κ2) is 8.29. The topological polar surface area (TPSA) is 53.7 Å². The summed E-state index contributed by atoms with van der Waals surface area (Å²) in [5.74, 6) is 0.435. The van der Waals surface area contributed by atoms with Gasteiger partial charge in [0, 0.05) is 63.3 Å². The highest BCUT2D eigenvalue weighted by Gasteiger charge is 2.25. The molecular weight excluding hydrogens is 374 g/mol. The molecule has 0 bridgehead atoms. The molecule has 0 radical (unpaired) electrons. The van der Waals surface area contributed by atoms with Gasteiger partial charge in [-0.2, -0.15) is 0 Å². The molecule has 0 spiro atoms. The van der Waals surface area contributed by atoms with Crippen LogP contribution in [0.2, 0.25) is 5.02 Å². The highest BCUT2D eigenvalue weighted by molar-refractivity contribution is 6.31. The fourth-order valence-electron chi connectivity index (χ4n) is 3.87. The Kier molecular flexibility index (Phi) is 5.59. The number of hydrogen-bond acceptors (Lipinski definition) is 4. The van der Waals surface area contributed by atoms with Crippen LogP contribution < -0.4 is 0 Å². The van der Waals surface area contributed by atoms with Crippen molar-refractivity contribution in [2.45, 2.75) is 19.9 Å². The molecule has 0 aliphatic carbocycles. The number of nitrogens with zero attached hydrogens (tertiary/aromatic N) is 5. The van der Waals surface area contributed by atoms with Crippen LogP contribution in [0, 0.1) is 5.92 Å². The summed E-state index contributed by atoms with van der Waals surface area (Å²) in [7, 11) is 0. The van der Waals surface area contributed by atoms with Crippen molar-refractivity contribution in [1.29, 1.82) is 0 Å². The van der Waals surface area contributed by atoms with Crippen molar-refractivity contribution in [3.63, 3.8) is 0 Å². The zero-order chi connectivity index (χ0) is 19.5. The molecule has 0 N–H and O–H groups in total. The number of amides is 1. The molecule has 0 saturated carbocycles. The van der Waals surface area contributed by atoms with E-state index in [2.05, 4.69) is 20.9 Å². The van der Waals surface area contributed by atoms with Crippen molar-refractivity contribution in [3.8, 4) is 0 Å². The summed E-state index contributed by atoms with van der Waals surface area (Å²) in [6.45, 7) is 5.67. The number of hydrogen-bond donors (Lipinski definition) is 0. The summed E-state index contributed by atoms with van der Waals surface area (Å²) < 4.78 is 1.99. The molecule has 28 heavy (non-hydrogen) atoms. The van der Waals surface area contributed by atoms with E-state index in [-0.39, 0.29) is 5.91 Å². The summed E-state index contributed by atoms with van der Waals surface area (Å²) in [6, 6.07) is 7.97. The Bertz CT molecular complexity index is 972. The van der Waals surface area contributed by atoms with E-state index in [4.69, 9.17) is 11.6 Å². The van der Waals surface area contributed by atoms with E-state index < -0.39 is 0 Å². The van der Waals surface area contributed by atoms with Gasteiger partial charge in [-0.3, -0.25) is 14.7 Å². The van der Waals surface area contributed by atoms with Gasteiger partial charge in [-0.05, 0) is 24.0 Å². The average molecular weight is 398 g/mol. The lowest BCUT2D eigenvalue weighted by molar-refractivity contribution is -0.129. The molecule has 1 amide bonds. The van der Waals surface area contributed by atoms with Crippen molar-refractivity contribution in [1.82, 2.24) is 24.2 Å². The van der Waals surface area contributed by atoms with Gasteiger partial charge >= 0.3 is 0 Å². The first-order valence-corrected chi connectivity index (χ1v) is 9.95. The molecule has 146 valence electrons. The van der Waals surface area contributed by atoms with Gasteiger partial charge in [0.15, 0.2) is 5.65 Å². The largest absolute Gasteiger partial charge is 0.341 e. The van der Waals surface area contributed by atoms with E-state index in [0.717, 1.165) is 61.1 Å². The first kappa shape index (κ1) is 18.9. The molecule has 2 aromatic heterocycles. The normalized spacial score (nSPS) is 18.4. The molecule has 1 aliphatic rings. The quantitative estimate of drug-likeness (QED) is 0.679. The Morgan fingerprint density at radius 1 is 1.21 bits per heavy atom. The SMILES string of the molecule is CC(=O)N1CCN(Cc2ccccc2Cl)CC(Cc2cn3ccnc3cn2)C1. The van der Waals surface area contributed by atoms with E-state index in [9.17, 15) is 4.79 Å².